The molecule has 3 nitrogen and oxygen atoms in total. The van der Waals surface area contributed by atoms with Crippen LogP contribution in [0.3, 0.4) is 0 Å². The van der Waals surface area contributed by atoms with Crippen molar-refractivity contribution in [2.75, 3.05) is 33.2 Å². The van der Waals surface area contributed by atoms with Crippen LogP contribution in [0.25, 0.3) is 0 Å². The van der Waals surface area contributed by atoms with Crippen LogP contribution < -0.4 is 5.73 Å². The van der Waals surface area contributed by atoms with Crippen LogP contribution in [0.2, 0.25) is 5.02 Å². The van der Waals surface area contributed by atoms with Crippen molar-refractivity contribution in [2.24, 2.45) is 5.73 Å². The highest BCUT2D eigenvalue weighted by Crippen LogP contribution is 2.27. The van der Waals surface area contributed by atoms with Gasteiger partial charge in [-0.15, -0.1) is 0 Å². The van der Waals surface area contributed by atoms with Crippen molar-refractivity contribution in [3.05, 3.63) is 34.6 Å². The highest BCUT2D eigenvalue weighted by Gasteiger charge is 2.28. The first-order valence-corrected chi connectivity index (χ1v) is 6.99. The van der Waals surface area contributed by atoms with Crippen molar-refractivity contribution in [3.63, 3.8) is 0 Å². The van der Waals surface area contributed by atoms with Gasteiger partial charge in [0.25, 0.3) is 0 Å². The fourth-order valence-electron chi connectivity index (χ4n) is 2.85. The van der Waals surface area contributed by atoms with Crippen molar-refractivity contribution in [2.45, 2.75) is 19.0 Å². The Morgan fingerprint density at radius 3 is 2.74 bits per heavy atom. The third-order valence-electron chi connectivity index (χ3n) is 3.78. The van der Waals surface area contributed by atoms with Gasteiger partial charge in [0.05, 0.1) is 0 Å². The fraction of sp³-hybridized carbons (Fsp3) is 0.571. The molecule has 106 valence electrons. The van der Waals surface area contributed by atoms with Gasteiger partial charge in [-0.2, -0.15) is 0 Å². The van der Waals surface area contributed by atoms with Gasteiger partial charge >= 0.3 is 0 Å². The molecular formula is C14H21ClFN3. The zero-order chi connectivity index (χ0) is 14.0. The molecule has 2 N–H and O–H groups in total. The van der Waals surface area contributed by atoms with Crippen LogP contribution in [0, 0.1) is 5.82 Å². The molecule has 2 rings (SSSR count). The Bertz CT molecular complexity index is 420. The third kappa shape index (κ3) is 3.45. The van der Waals surface area contributed by atoms with Crippen molar-refractivity contribution in [1.82, 2.24) is 9.80 Å². The number of nitrogens with two attached hydrogens (primary N) is 1. The number of piperazine rings is 1. The molecule has 0 aromatic heterocycles. The molecule has 1 aliphatic heterocycles. The van der Waals surface area contributed by atoms with Gasteiger partial charge in [-0.1, -0.05) is 11.6 Å². The van der Waals surface area contributed by atoms with Crippen LogP contribution in [-0.4, -0.2) is 49.1 Å². The number of hydrogen-bond acceptors (Lipinski definition) is 3. The van der Waals surface area contributed by atoms with Gasteiger partial charge in [0.2, 0.25) is 0 Å². The minimum Gasteiger partial charge on any atom is -0.329 e. The highest BCUT2D eigenvalue weighted by molar-refractivity contribution is 6.30. The maximum Gasteiger partial charge on any atom is 0.125 e. The van der Waals surface area contributed by atoms with Crippen LogP contribution >= 0.6 is 11.6 Å². The molecule has 2 unspecified atom stereocenters. The van der Waals surface area contributed by atoms with E-state index in [1.807, 2.05) is 6.07 Å². The van der Waals surface area contributed by atoms with Crippen molar-refractivity contribution in [3.8, 4) is 0 Å². The normalized spacial score (nSPS) is 23.5. The summed E-state index contributed by atoms with van der Waals surface area (Å²) in [7, 11) is 2.12. The first-order chi connectivity index (χ1) is 9.01. The molecule has 1 aromatic carbocycles. The number of hydrogen-bond donors (Lipinski definition) is 1. The lowest BCUT2D eigenvalue weighted by Crippen LogP contribution is -2.52. The lowest BCUT2D eigenvalue weighted by molar-refractivity contribution is 0.0634. The standard InChI is InChI=1S/C14H21ClFN3/c1-10-9-18(2)3-4-19(10)14(8-17)11-5-12(15)7-13(16)6-11/h5-7,10,14H,3-4,8-9,17H2,1-2H3. The van der Waals surface area contributed by atoms with E-state index in [1.54, 1.807) is 0 Å². The van der Waals surface area contributed by atoms with Gasteiger partial charge < -0.3 is 10.6 Å². The molecule has 0 saturated carbocycles. The van der Waals surface area contributed by atoms with Crippen molar-refractivity contribution < 1.29 is 4.39 Å². The van der Waals surface area contributed by atoms with E-state index in [2.05, 4.69) is 23.8 Å². The maximum absolute atomic E-state index is 13.5. The van der Waals surface area contributed by atoms with Gasteiger partial charge in [0.15, 0.2) is 0 Å². The quantitative estimate of drug-likeness (QED) is 0.923. The van der Waals surface area contributed by atoms with Crippen molar-refractivity contribution >= 4 is 11.6 Å². The lowest BCUT2D eigenvalue weighted by Gasteiger charge is -2.42. The second-order valence-electron chi connectivity index (χ2n) is 5.30. The van der Waals surface area contributed by atoms with Gasteiger partial charge in [-0.25, -0.2) is 4.39 Å². The van der Waals surface area contributed by atoms with Gasteiger partial charge in [-0.3, -0.25) is 4.90 Å². The van der Waals surface area contributed by atoms with Gasteiger partial charge in [-0.05, 0) is 37.7 Å². The van der Waals surface area contributed by atoms with E-state index in [0.29, 0.717) is 17.6 Å². The van der Waals surface area contributed by atoms with Crippen LogP contribution in [0.4, 0.5) is 4.39 Å². The van der Waals surface area contributed by atoms with Crippen molar-refractivity contribution in [1.29, 1.82) is 0 Å². The molecule has 1 fully saturated rings. The Labute approximate surface area is 119 Å². The molecule has 0 bridgehead atoms. The first kappa shape index (κ1) is 14.7. The Hall–Kier alpha value is -0.680. The zero-order valence-electron chi connectivity index (χ0n) is 11.4. The highest BCUT2D eigenvalue weighted by atomic mass is 35.5. The smallest absolute Gasteiger partial charge is 0.125 e. The Kier molecular flexibility index (Phi) is 4.79. The molecule has 1 saturated heterocycles. The Morgan fingerprint density at radius 2 is 2.16 bits per heavy atom. The van der Waals surface area contributed by atoms with E-state index >= 15 is 0 Å². The summed E-state index contributed by atoms with van der Waals surface area (Å²) >= 11 is 5.94. The molecule has 0 aliphatic carbocycles. The molecule has 0 amide bonds. The molecule has 0 radical (unpaired) electrons. The van der Waals surface area contributed by atoms with E-state index in [-0.39, 0.29) is 11.9 Å². The average Bonchev–Trinajstić information content (AvgIpc) is 2.31. The molecule has 19 heavy (non-hydrogen) atoms. The number of halogens is 2. The summed E-state index contributed by atoms with van der Waals surface area (Å²) < 4.78 is 13.5. The molecule has 1 aliphatic rings. The topological polar surface area (TPSA) is 32.5 Å². The first-order valence-electron chi connectivity index (χ1n) is 6.61. The largest absolute Gasteiger partial charge is 0.329 e. The molecule has 5 heteroatoms. The lowest BCUT2D eigenvalue weighted by atomic mass is 10.0. The molecule has 0 spiro atoms. The number of benzene rings is 1. The monoisotopic (exact) mass is 285 g/mol. The van der Waals surface area contributed by atoms with E-state index in [0.717, 1.165) is 25.2 Å². The molecule has 2 atom stereocenters. The Balaban J connectivity index is 2.23. The average molecular weight is 286 g/mol. The summed E-state index contributed by atoms with van der Waals surface area (Å²) in [4.78, 5) is 4.64. The summed E-state index contributed by atoms with van der Waals surface area (Å²) in [6.45, 7) is 5.59. The summed E-state index contributed by atoms with van der Waals surface area (Å²) in [6.07, 6.45) is 0. The fourth-order valence-corrected chi connectivity index (χ4v) is 3.08. The van der Waals surface area contributed by atoms with Crippen LogP contribution in [0.5, 0.6) is 0 Å². The second kappa shape index (κ2) is 6.18. The van der Waals surface area contributed by atoms with E-state index in [4.69, 9.17) is 17.3 Å². The Morgan fingerprint density at radius 1 is 1.42 bits per heavy atom. The molecular weight excluding hydrogens is 265 g/mol. The molecule has 1 heterocycles. The SMILES string of the molecule is CC1CN(C)CCN1C(CN)c1cc(F)cc(Cl)c1. The maximum atomic E-state index is 13.5. The summed E-state index contributed by atoms with van der Waals surface area (Å²) in [5.74, 6) is -0.303. The minimum atomic E-state index is -0.303. The predicted molar refractivity (Wildman–Crippen MR) is 76.9 cm³/mol. The summed E-state index contributed by atoms with van der Waals surface area (Å²) in [5, 5.41) is 0.426. The predicted octanol–water partition coefficient (Wildman–Crippen LogP) is 2.11. The van der Waals surface area contributed by atoms with E-state index < -0.39 is 0 Å². The summed E-state index contributed by atoms with van der Waals surface area (Å²) in [6, 6.07) is 5.10. The number of rotatable bonds is 3. The third-order valence-corrected chi connectivity index (χ3v) is 3.99. The minimum absolute atomic E-state index is 0.0249. The zero-order valence-corrected chi connectivity index (χ0v) is 12.2. The van der Waals surface area contributed by atoms with Crippen LogP contribution in [0.1, 0.15) is 18.5 Å². The van der Waals surface area contributed by atoms with Gasteiger partial charge in [0, 0.05) is 43.3 Å². The number of likely N-dealkylation sites (N-methyl/N-ethyl adjacent to an activating group) is 1. The second-order valence-corrected chi connectivity index (χ2v) is 5.74. The van der Waals surface area contributed by atoms with Crippen LogP contribution in [-0.2, 0) is 0 Å². The van der Waals surface area contributed by atoms with Crippen LogP contribution in [0.15, 0.2) is 18.2 Å². The van der Waals surface area contributed by atoms with E-state index in [9.17, 15) is 4.39 Å². The van der Waals surface area contributed by atoms with E-state index in [1.165, 1.54) is 12.1 Å². The number of nitrogens with zero attached hydrogens (tertiary/aromatic N) is 2. The molecule has 1 aromatic rings. The van der Waals surface area contributed by atoms with Gasteiger partial charge in [0.1, 0.15) is 5.82 Å². The summed E-state index contributed by atoms with van der Waals surface area (Å²) in [5.41, 5.74) is 6.78.